The summed E-state index contributed by atoms with van der Waals surface area (Å²) in [7, 11) is 0. The summed E-state index contributed by atoms with van der Waals surface area (Å²) in [6, 6.07) is 0.933. The van der Waals surface area contributed by atoms with E-state index in [1.807, 2.05) is 0 Å². The molecule has 0 spiro atoms. The highest BCUT2D eigenvalue weighted by Crippen LogP contribution is 2.04. The van der Waals surface area contributed by atoms with Crippen molar-refractivity contribution in [2.45, 2.75) is 25.4 Å². The van der Waals surface area contributed by atoms with E-state index in [0.717, 1.165) is 18.9 Å². The Balaban J connectivity index is 1.89. The lowest BCUT2D eigenvalue weighted by Gasteiger charge is -2.18. The maximum Gasteiger partial charge on any atom is 0.125 e. The van der Waals surface area contributed by atoms with Gasteiger partial charge < -0.3 is 16.0 Å². The first-order valence-electron chi connectivity index (χ1n) is 4.82. The number of hydrogen-bond donors (Lipinski definition) is 3. The summed E-state index contributed by atoms with van der Waals surface area (Å²) < 4.78 is 0. The average molecular weight is 180 g/mol. The van der Waals surface area contributed by atoms with Gasteiger partial charge in [0.1, 0.15) is 5.82 Å². The van der Waals surface area contributed by atoms with Crippen LogP contribution in [0.2, 0.25) is 0 Å². The molecule has 4 nitrogen and oxygen atoms in total. The van der Waals surface area contributed by atoms with Gasteiger partial charge in [0.15, 0.2) is 0 Å². The molecule has 2 aliphatic rings. The summed E-state index contributed by atoms with van der Waals surface area (Å²) >= 11 is 0. The third kappa shape index (κ3) is 2.21. The van der Waals surface area contributed by atoms with E-state index in [1.54, 1.807) is 6.34 Å². The van der Waals surface area contributed by atoms with Crippen LogP contribution in [0.5, 0.6) is 0 Å². The van der Waals surface area contributed by atoms with Crippen LogP contribution in [-0.4, -0.2) is 31.5 Å². The van der Waals surface area contributed by atoms with E-state index < -0.39 is 0 Å². The van der Waals surface area contributed by atoms with Gasteiger partial charge >= 0.3 is 0 Å². The Morgan fingerprint density at radius 1 is 1.62 bits per heavy atom. The van der Waals surface area contributed by atoms with Crippen LogP contribution in [0.1, 0.15) is 13.3 Å². The van der Waals surface area contributed by atoms with Gasteiger partial charge in [0.2, 0.25) is 0 Å². The van der Waals surface area contributed by atoms with Crippen LogP contribution in [0.25, 0.3) is 0 Å². The summed E-state index contributed by atoms with van der Waals surface area (Å²) in [5.41, 5.74) is 0. The van der Waals surface area contributed by atoms with Crippen molar-refractivity contribution in [2.24, 2.45) is 4.99 Å². The van der Waals surface area contributed by atoms with Gasteiger partial charge in [-0.1, -0.05) is 0 Å². The first-order valence-corrected chi connectivity index (χ1v) is 4.82. The molecule has 4 heteroatoms. The third-order valence-corrected chi connectivity index (χ3v) is 2.36. The smallest absolute Gasteiger partial charge is 0.125 e. The lowest BCUT2D eigenvalue weighted by atomic mass is 10.2. The van der Waals surface area contributed by atoms with Crippen LogP contribution in [0.3, 0.4) is 0 Å². The van der Waals surface area contributed by atoms with Crippen molar-refractivity contribution in [1.82, 2.24) is 16.0 Å². The largest absolute Gasteiger partial charge is 0.370 e. The van der Waals surface area contributed by atoms with Crippen molar-refractivity contribution in [2.75, 3.05) is 13.1 Å². The van der Waals surface area contributed by atoms with Crippen molar-refractivity contribution in [1.29, 1.82) is 0 Å². The van der Waals surface area contributed by atoms with Crippen molar-refractivity contribution in [3.05, 3.63) is 11.9 Å². The van der Waals surface area contributed by atoms with Gasteiger partial charge in [-0.25, -0.2) is 4.99 Å². The van der Waals surface area contributed by atoms with E-state index in [4.69, 9.17) is 0 Å². The zero-order valence-corrected chi connectivity index (χ0v) is 7.88. The molecule has 0 aliphatic carbocycles. The quantitative estimate of drug-likeness (QED) is 0.551. The summed E-state index contributed by atoms with van der Waals surface area (Å²) in [5, 5.41) is 9.84. The molecule has 2 unspecified atom stereocenters. The van der Waals surface area contributed by atoms with Gasteiger partial charge in [0, 0.05) is 18.6 Å². The number of nitrogens with one attached hydrogen (secondary N) is 3. The van der Waals surface area contributed by atoms with Crippen molar-refractivity contribution in [3.63, 3.8) is 0 Å². The zero-order chi connectivity index (χ0) is 9.10. The highest BCUT2D eigenvalue weighted by molar-refractivity contribution is 5.58. The van der Waals surface area contributed by atoms with Gasteiger partial charge in [-0.3, -0.25) is 0 Å². The van der Waals surface area contributed by atoms with E-state index in [2.05, 4.69) is 33.9 Å². The second-order valence-corrected chi connectivity index (χ2v) is 3.60. The number of hydrogen-bond acceptors (Lipinski definition) is 4. The minimum atomic E-state index is 0.384. The van der Waals surface area contributed by atoms with Crippen LogP contribution in [-0.2, 0) is 0 Å². The van der Waals surface area contributed by atoms with Crippen molar-refractivity contribution < 1.29 is 0 Å². The normalized spacial score (nSPS) is 32.5. The Kier molecular flexibility index (Phi) is 2.49. The molecule has 0 bridgehead atoms. The van der Waals surface area contributed by atoms with Crippen LogP contribution in [0, 0.1) is 0 Å². The second kappa shape index (κ2) is 3.79. The second-order valence-electron chi connectivity index (χ2n) is 3.60. The molecule has 3 N–H and O–H groups in total. The minimum absolute atomic E-state index is 0.384. The molecule has 0 aromatic rings. The van der Waals surface area contributed by atoms with Crippen LogP contribution >= 0.6 is 0 Å². The molecule has 2 atom stereocenters. The van der Waals surface area contributed by atoms with Crippen LogP contribution in [0.15, 0.2) is 16.9 Å². The lowest BCUT2D eigenvalue weighted by molar-refractivity contribution is 0.598. The van der Waals surface area contributed by atoms with Gasteiger partial charge in [-0.2, -0.15) is 0 Å². The topological polar surface area (TPSA) is 48.5 Å². The molecular formula is C9H16N4. The van der Waals surface area contributed by atoms with E-state index in [9.17, 15) is 0 Å². The minimum Gasteiger partial charge on any atom is -0.370 e. The van der Waals surface area contributed by atoms with Crippen LogP contribution in [0.4, 0.5) is 0 Å². The summed E-state index contributed by atoms with van der Waals surface area (Å²) in [5.74, 6) is 1.000. The molecule has 2 heterocycles. The Hall–Kier alpha value is -1.03. The molecule has 72 valence electrons. The highest BCUT2D eigenvalue weighted by Gasteiger charge is 2.15. The lowest BCUT2D eigenvalue weighted by Crippen LogP contribution is -2.34. The van der Waals surface area contributed by atoms with Gasteiger partial charge in [0.25, 0.3) is 0 Å². The van der Waals surface area contributed by atoms with Gasteiger partial charge in [0.05, 0.1) is 6.34 Å². The molecule has 0 saturated carbocycles. The fraction of sp³-hybridized carbons (Fsp3) is 0.667. The van der Waals surface area contributed by atoms with Gasteiger partial charge in [-0.05, 0) is 26.0 Å². The van der Waals surface area contributed by atoms with E-state index >= 15 is 0 Å². The Bertz CT molecular complexity index is 228. The summed E-state index contributed by atoms with van der Waals surface area (Å²) in [4.78, 5) is 4.23. The first kappa shape index (κ1) is 8.56. The molecular weight excluding hydrogens is 164 g/mol. The van der Waals surface area contributed by atoms with Crippen molar-refractivity contribution in [3.8, 4) is 0 Å². The Morgan fingerprint density at radius 3 is 3.23 bits per heavy atom. The van der Waals surface area contributed by atoms with E-state index in [1.165, 1.54) is 6.42 Å². The maximum absolute atomic E-state index is 4.23. The SMILES string of the molecule is CC1C=C(NC2CCNC2)N=CN1. The average Bonchev–Trinajstić information content (AvgIpc) is 2.57. The molecule has 13 heavy (non-hydrogen) atoms. The number of aliphatic imine (C=N–C) groups is 1. The third-order valence-electron chi connectivity index (χ3n) is 2.36. The molecule has 0 aromatic heterocycles. The molecule has 1 fully saturated rings. The van der Waals surface area contributed by atoms with E-state index in [0.29, 0.717) is 12.1 Å². The summed E-state index contributed by atoms with van der Waals surface area (Å²) in [6.45, 7) is 4.27. The summed E-state index contributed by atoms with van der Waals surface area (Å²) in [6.07, 6.45) is 5.06. The van der Waals surface area contributed by atoms with E-state index in [-0.39, 0.29) is 0 Å². The zero-order valence-electron chi connectivity index (χ0n) is 7.88. The molecule has 0 radical (unpaired) electrons. The maximum atomic E-state index is 4.23. The van der Waals surface area contributed by atoms with Crippen LogP contribution < -0.4 is 16.0 Å². The van der Waals surface area contributed by atoms with Crippen molar-refractivity contribution >= 4 is 6.34 Å². The predicted molar refractivity (Wildman–Crippen MR) is 53.6 cm³/mol. The number of rotatable bonds is 2. The Labute approximate surface area is 78.5 Å². The standard InChI is InChI=1S/C9H16N4/c1-7-4-9(12-6-11-7)13-8-2-3-10-5-8/h4,6-8,10,13H,2-3,5H2,1H3,(H,11,12). The molecule has 2 aliphatic heterocycles. The molecule has 1 saturated heterocycles. The number of nitrogens with zero attached hydrogens (tertiary/aromatic N) is 1. The molecule has 0 amide bonds. The first-order chi connectivity index (χ1) is 6.34. The molecule has 0 aromatic carbocycles. The monoisotopic (exact) mass is 180 g/mol. The predicted octanol–water partition coefficient (Wildman–Crippen LogP) is -0.201. The fourth-order valence-corrected chi connectivity index (χ4v) is 1.62. The highest BCUT2D eigenvalue weighted by atomic mass is 15.1. The van der Waals surface area contributed by atoms with Gasteiger partial charge in [-0.15, -0.1) is 0 Å². The Morgan fingerprint density at radius 2 is 2.54 bits per heavy atom. The fourth-order valence-electron chi connectivity index (χ4n) is 1.62. The molecule has 2 rings (SSSR count).